The third-order valence-corrected chi connectivity index (χ3v) is 3.36. The molecule has 118 valence electrons. The predicted octanol–water partition coefficient (Wildman–Crippen LogP) is 1.08. The second-order valence-corrected chi connectivity index (χ2v) is 6.39. The van der Waals surface area contributed by atoms with E-state index < -0.39 is 16.0 Å². The van der Waals surface area contributed by atoms with Crippen LogP contribution in [0.25, 0.3) is 0 Å². The number of aromatic carboxylic acids is 1. The van der Waals surface area contributed by atoms with Crippen molar-refractivity contribution in [3.8, 4) is 5.75 Å². The lowest BCUT2D eigenvalue weighted by Crippen LogP contribution is -2.15. The molecule has 7 nitrogen and oxygen atoms in total. The Morgan fingerprint density at radius 3 is 2.52 bits per heavy atom. The zero-order valence-corrected chi connectivity index (χ0v) is 12.7. The van der Waals surface area contributed by atoms with Gasteiger partial charge in [-0.25, -0.2) is 18.4 Å². The number of rotatable bonds is 8. The number of ether oxygens (including phenoxy) is 2. The number of carboxylic acid groups (broad SMARTS) is 1. The Morgan fingerprint density at radius 1 is 1.33 bits per heavy atom. The van der Waals surface area contributed by atoms with E-state index in [1.165, 1.54) is 12.1 Å². The average molecular weight is 317 g/mol. The van der Waals surface area contributed by atoms with Crippen molar-refractivity contribution in [2.75, 3.05) is 19.8 Å². The van der Waals surface area contributed by atoms with Crippen molar-refractivity contribution in [1.29, 1.82) is 0 Å². The lowest BCUT2D eigenvalue weighted by molar-refractivity contribution is 0.0677. The van der Waals surface area contributed by atoms with Gasteiger partial charge in [-0.15, -0.1) is 0 Å². The van der Waals surface area contributed by atoms with E-state index in [9.17, 15) is 13.2 Å². The quantitative estimate of drug-likeness (QED) is 0.693. The first-order chi connectivity index (χ1) is 9.71. The molecule has 0 radical (unpaired) electrons. The molecule has 0 unspecified atom stereocenters. The molecule has 0 saturated heterocycles. The molecule has 3 N–H and O–H groups in total. The fourth-order valence-electron chi connectivity index (χ4n) is 1.51. The van der Waals surface area contributed by atoms with Gasteiger partial charge in [0.1, 0.15) is 17.9 Å². The summed E-state index contributed by atoms with van der Waals surface area (Å²) in [6, 6.07) is 3.44. The van der Waals surface area contributed by atoms with Gasteiger partial charge in [-0.05, 0) is 24.1 Å². The molecule has 0 amide bonds. The van der Waals surface area contributed by atoms with Gasteiger partial charge in [0.05, 0.1) is 11.5 Å². The molecule has 21 heavy (non-hydrogen) atoms. The predicted molar refractivity (Wildman–Crippen MR) is 75.9 cm³/mol. The summed E-state index contributed by atoms with van der Waals surface area (Å²) in [5.41, 5.74) is -0.259. The molecule has 0 fully saturated rings. The van der Waals surface area contributed by atoms with E-state index in [1.54, 1.807) is 0 Å². The number of carbonyl (C=O) groups is 1. The first-order valence-corrected chi connectivity index (χ1v) is 7.87. The lowest BCUT2D eigenvalue weighted by Gasteiger charge is -2.11. The van der Waals surface area contributed by atoms with Crippen LogP contribution in [0.15, 0.2) is 23.1 Å². The zero-order chi connectivity index (χ0) is 16.0. The molecule has 0 aliphatic carbocycles. The van der Waals surface area contributed by atoms with E-state index in [2.05, 4.69) is 0 Å². The molecule has 1 aromatic carbocycles. The number of sulfonamides is 1. The number of hydrogen-bond donors (Lipinski definition) is 2. The maximum absolute atomic E-state index is 11.2. The van der Waals surface area contributed by atoms with Crippen LogP contribution in [0, 0.1) is 5.92 Å². The van der Waals surface area contributed by atoms with Gasteiger partial charge in [-0.2, -0.15) is 0 Å². The van der Waals surface area contributed by atoms with E-state index in [1.807, 2.05) is 13.8 Å². The van der Waals surface area contributed by atoms with Crippen molar-refractivity contribution in [3.63, 3.8) is 0 Å². The van der Waals surface area contributed by atoms with Crippen LogP contribution in [-0.4, -0.2) is 39.3 Å². The summed E-state index contributed by atoms with van der Waals surface area (Å²) in [5, 5.41) is 14.0. The van der Waals surface area contributed by atoms with Crippen molar-refractivity contribution in [3.05, 3.63) is 23.8 Å². The van der Waals surface area contributed by atoms with Crippen LogP contribution >= 0.6 is 0 Å². The highest BCUT2D eigenvalue weighted by Gasteiger charge is 2.16. The molecular weight excluding hydrogens is 298 g/mol. The topological polar surface area (TPSA) is 116 Å². The van der Waals surface area contributed by atoms with Crippen molar-refractivity contribution in [2.45, 2.75) is 18.7 Å². The van der Waals surface area contributed by atoms with Crippen LogP contribution in [0.5, 0.6) is 5.75 Å². The standard InChI is InChI=1S/C13H19NO6S/c1-9(2)8-19-5-6-20-12-4-3-10(21(14,17)18)7-11(12)13(15)16/h3-4,7,9H,5-6,8H2,1-2H3,(H,15,16)(H2,14,17,18). The fraction of sp³-hybridized carbons (Fsp3) is 0.462. The molecule has 1 rings (SSSR count). The average Bonchev–Trinajstić information content (AvgIpc) is 2.36. The summed E-state index contributed by atoms with van der Waals surface area (Å²) in [5.74, 6) is -0.824. The molecule has 0 saturated carbocycles. The van der Waals surface area contributed by atoms with E-state index in [4.69, 9.17) is 19.7 Å². The van der Waals surface area contributed by atoms with Gasteiger partial charge in [-0.3, -0.25) is 0 Å². The van der Waals surface area contributed by atoms with Crippen LogP contribution in [0.2, 0.25) is 0 Å². The van der Waals surface area contributed by atoms with Crippen LogP contribution < -0.4 is 9.88 Å². The van der Waals surface area contributed by atoms with E-state index >= 15 is 0 Å². The fourth-order valence-corrected chi connectivity index (χ4v) is 2.05. The second-order valence-electron chi connectivity index (χ2n) is 4.83. The SMILES string of the molecule is CC(C)COCCOc1ccc(S(N)(=O)=O)cc1C(=O)O. The normalized spacial score (nSPS) is 11.6. The largest absolute Gasteiger partial charge is 0.490 e. The summed E-state index contributed by atoms with van der Waals surface area (Å²) in [7, 11) is -3.96. The molecule has 0 aliphatic heterocycles. The number of hydrogen-bond acceptors (Lipinski definition) is 5. The first-order valence-electron chi connectivity index (χ1n) is 6.32. The molecule has 0 atom stereocenters. The number of carboxylic acids is 1. The van der Waals surface area contributed by atoms with Crippen LogP contribution in [0.1, 0.15) is 24.2 Å². The maximum atomic E-state index is 11.2. The Hall–Kier alpha value is -1.64. The Kier molecular flexibility index (Phi) is 6.13. The van der Waals surface area contributed by atoms with Gasteiger partial charge in [-0.1, -0.05) is 13.8 Å². The third kappa shape index (κ3) is 5.70. The van der Waals surface area contributed by atoms with Gasteiger partial charge in [0.15, 0.2) is 0 Å². The third-order valence-electron chi connectivity index (χ3n) is 2.45. The van der Waals surface area contributed by atoms with Gasteiger partial charge in [0.2, 0.25) is 10.0 Å². The highest BCUT2D eigenvalue weighted by atomic mass is 32.2. The van der Waals surface area contributed by atoms with E-state index in [0.717, 1.165) is 6.07 Å². The van der Waals surface area contributed by atoms with Crippen molar-refractivity contribution in [2.24, 2.45) is 11.1 Å². The second kappa shape index (κ2) is 7.39. The molecule has 0 aromatic heterocycles. The smallest absolute Gasteiger partial charge is 0.339 e. The first kappa shape index (κ1) is 17.4. The molecule has 0 spiro atoms. The minimum absolute atomic E-state index is 0.0723. The van der Waals surface area contributed by atoms with Gasteiger partial charge < -0.3 is 14.6 Å². The van der Waals surface area contributed by atoms with Crippen LogP contribution in [0.3, 0.4) is 0 Å². The minimum Gasteiger partial charge on any atom is -0.490 e. The maximum Gasteiger partial charge on any atom is 0.339 e. The van der Waals surface area contributed by atoms with Crippen molar-refractivity contribution >= 4 is 16.0 Å². The van der Waals surface area contributed by atoms with Gasteiger partial charge >= 0.3 is 5.97 Å². The summed E-state index contributed by atoms with van der Waals surface area (Å²) in [4.78, 5) is 10.9. The molecular formula is C13H19NO6S. The highest BCUT2D eigenvalue weighted by molar-refractivity contribution is 7.89. The number of nitrogens with two attached hydrogens (primary N) is 1. The van der Waals surface area contributed by atoms with Gasteiger partial charge in [0, 0.05) is 6.61 Å². The number of benzene rings is 1. The molecule has 1 aromatic rings. The van der Waals surface area contributed by atoms with E-state index in [-0.39, 0.29) is 22.8 Å². The van der Waals surface area contributed by atoms with Crippen LogP contribution in [-0.2, 0) is 14.8 Å². The summed E-state index contributed by atoms with van der Waals surface area (Å²) in [6.45, 7) is 5.08. The Labute approximate surface area is 123 Å². The zero-order valence-electron chi connectivity index (χ0n) is 11.9. The van der Waals surface area contributed by atoms with Crippen molar-refractivity contribution < 1.29 is 27.8 Å². The molecule has 0 aliphatic rings. The Bertz CT molecular complexity index is 597. The summed E-state index contributed by atoms with van der Waals surface area (Å²) >= 11 is 0. The number of primary sulfonamides is 1. The van der Waals surface area contributed by atoms with Crippen LogP contribution in [0.4, 0.5) is 0 Å². The minimum atomic E-state index is -3.96. The summed E-state index contributed by atoms with van der Waals surface area (Å²) in [6.07, 6.45) is 0. The molecule has 0 bridgehead atoms. The Balaban J connectivity index is 2.76. The van der Waals surface area contributed by atoms with Gasteiger partial charge in [0.25, 0.3) is 0 Å². The highest BCUT2D eigenvalue weighted by Crippen LogP contribution is 2.22. The van der Waals surface area contributed by atoms with Crippen molar-refractivity contribution in [1.82, 2.24) is 0 Å². The summed E-state index contributed by atoms with van der Waals surface area (Å²) < 4.78 is 33.0. The Morgan fingerprint density at radius 2 is 2.00 bits per heavy atom. The van der Waals surface area contributed by atoms with E-state index in [0.29, 0.717) is 19.1 Å². The molecule has 8 heteroatoms. The monoisotopic (exact) mass is 317 g/mol. The molecule has 0 heterocycles. The lowest BCUT2D eigenvalue weighted by atomic mass is 10.2.